The normalized spacial score (nSPS) is 12.1. The second-order valence-corrected chi connectivity index (χ2v) is 10.8. The van der Waals surface area contributed by atoms with Gasteiger partial charge in [-0.15, -0.1) is 10.2 Å². The number of carbonyl (C=O) groups is 1. The molecule has 1 heterocycles. The molecule has 202 valence electrons. The molecule has 0 radical (unpaired) electrons. The Hall–Kier alpha value is -4.29. The lowest BCUT2D eigenvalue weighted by atomic mass is 10.1. The Balaban J connectivity index is 1.80. The van der Waals surface area contributed by atoms with Crippen LogP contribution in [-0.4, -0.2) is 46.8 Å². The Morgan fingerprint density at radius 3 is 2.26 bits per heavy atom. The zero-order chi connectivity index (χ0) is 28.5. The van der Waals surface area contributed by atoms with Crippen LogP contribution in [0.15, 0.2) is 68.6 Å². The van der Waals surface area contributed by atoms with Gasteiger partial charge in [0.1, 0.15) is 21.2 Å². The minimum atomic E-state index is -4.95. The van der Waals surface area contributed by atoms with Crippen LogP contribution < -0.4 is 16.4 Å². The van der Waals surface area contributed by atoms with Gasteiger partial charge < -0.3 is 16.4 Å². The number of amides is 1. The van der Waals surface area contributed by atoms with Gasteiger partial charge in [-0.2, -0.15) is 31.8 Å². The van der Waals surface area contributed by atoms with Gasteiger partial charge in [-0.05, 0) is 41.9 Å². The van der Waals surface area contributed by atoms with Crippen LogP contribution in [0.5, 0.6) is 0 Å². The van der Waals surface area contributed by atoms with Gasteiger partial charge >= 0.3 is 0 Å². The third kappa shape index (κ3) is 6.41. The molecular weight excluding hydrogens is 576 g/mol. The molecule has 15 nitrogen and oxygen atoms in total. The summed E-state index contributed by atoms with van der Waals surface area (Å²) in [6.07, 6.45) is 0. The summed E-state index contributed by atoms with van der Waals surface area (Å²) in [5, 5.41) is 12.8. The number of anilines is 4. The van der Waals surface area contributed by atoms with Crippen molar-refractivity contribution in [2.45, 2.75) is 16.7 Å². The number of carbonyl (C=O) groups excluding carboxylic acids is 1. The number of nitrogen functional groups attached to an aromatic ring is 1. The molecule has 0 aliphatic heterocycles. The van der Waals surface area contributed by atoms with Gasteiger partial charge in [0.15, 0.2) is 0 Å². The smallest absolute Gasteiger partial charge is 0.297 e. The molecule has 0 aliphatic carbocycles. The van der Waals surface area contributed by atoms with Gasteiger partial charge in [0, 0.05) is 23.4 Å². The predicted octanol–water partition coefficient (Wildman–Crippen LogP) is 3.87. The third-order valence-corrected chi connectivity index (χ3v) is 6.97. The zero-order valence-electron chi connectivity index (χ0n) is 19.6. The second-order valence-electron chi connectivity index (χ2n) is 7.74. The molecule has 39 heavy (non-hydrogen) atoms. The molecule has 4 rings (SSSR count). The lowest BCUT2D eigenvalue weighted by Crippen LogP contribution is -2.07. The van der Waals surface area contributed by atoms with Crippen LogP contribution in [0.2, 0.25) is 5.28 Å². The van der Waals surface area contributed by atoms with E-state index in [0.717, 1.165) is 12.1 Å². The maximum atomic E-state index is 12.3. The molecule has 0 aliphatic rings. The van der Waals surface area contributed by atoms with Crippen molar-refractivity contribution in [3.63, 3.8) is 0 Å². The summed E-state index contributed by atoms with van der Waals surface area (Å²) in [6.45, 7) is 1.25. The van der Waals surface area contributed by atoms with Crippen LogP contribution in [-0.2, 0) is 25.0 Å². The van der Waals surface area contributed by atoms with Crippen LogP contribution in [0.4, 0.5) is 34.6 Å². The van der Waals surface area contributed by atoms with E-state index in [9.17, 15) is 30.7 Å². The molecule has 1 aromatic heterocycles. The van der Waals surface area contributed by atoms with Crippen molar-refractivity contribution in [2.75, 3.05) is 16.4 Å². The van der Waals surface area contributed by atoms with Crippen LogP contribution in [0, 0.1) is 0 Å². The maximum Gasteiger partial charge on any atom is 0.297 e. The molecule has 0 saturated heterocycles. The summed E-state index contributed by atoms with van der Waals surface area (Å²) < 4.78 is 67.4. The lowest BCUT2D eigenvalue weighted by molar-refractivity contribution is -0.114. The fraction of sp³-hybridized carbons (Fsp3) is 0.0476. The van der Waals surface area contributed by atoms with E-state index in [2.05, 4.69) is 35.8 Å². The summed E-state index contributed by atoms with van der Waals surface area (Å²) >= 11 is 5.78. The van der Waals surface area contributed by atoms with E-state index in [-0.39, 0.29) is 45.0 Å². The average molecular weight is 593 g/mol. The number of azo groups is 1. The number of rotatable bonds is 7. The Morgan fingerprint density at radius 2 is 1.62 bits per heavy atom. The largest absolute Gasteiger partial charge is 0.368 e. The standard InChI is InChI=1S/C21H17ClN8O7S2/c1-10(31)24-16-9-11(25-21-27-19(22)26-20(23)28-21)5-7-14(16)29-30-15-8-6-12-13(18(15)39(35,36)37)3-2-4-17(12)38(32,33)34/h2-9H,1H3,(H,24,31)(H,32,33,34)(H,35,36,37)(H3,23,25,26,27,28)/b30-29+. The molecule has 6 N–H and O–H groups in total. The van der Waals surface area contributed by atoms with Crippen molar-refractivity contribution in [1.82, 2.24) is 15.0 Å². The van der Waals surface area contributed by atoms with Crippen LogP contribution in [0.3, 0.4) is 0 Å². The van der Waals surface area contributed by atoms with Gasteiger partial charge in [0.25, 0.3) is 20.2 Å². The summed E-state index contributed by atoms with van der Waals surface area (Å²) in [7, 11) is -9.67. The fourth-order valence-corrected chi connectivity index (χ4v) is 5.22. The highest BCUT2D eigenvalue weighted by molar-refractivity contribution is 7.86. The highest BCUT2D eigenvalue weighted by Gasteiger charge is 2.23. The van der Waals surface area contributed by atoms with E-state index in [0.29, 0.717) is 5.69 Å². The van der Waals surface area contributed by atoms with E-state index in [1.165, 1.54) is 43.3 Å². The quantitative estimate of drug-likeness (QED) is 0.152. The number of fused-ring (bicyclic) bond motifs is 1. The average Bonchev–Trinajstić information content (AvgIpc) is 2.80. The van der Waals surface area contributed by atoms with Gasteiger partial charge in [-0.3, -0.25) is 13.9 Å². The molecule has 0 atom stereocenters. The molecule has 18 heteroatoms. The monoisotopic (exact) mass is 592 g/mol. The Labute approximate surface area is 225 Å². The maximum absolute atomic E-state index is 12.3. The van der Waals surface area contributed by atoms with Crippen molar-refractivity contribution in [3.8, 4) is 0 Å². The molecule has 0 spiro atoms. The van der Waals surface area contributed by atoms with E-state index < -0.39 is 35.9 Å². The molecule has 4 aromatic rings. The Bertz CT molecular complexity index is 1860. The van der Waals surface area contributed by atoms with E-state index in [1.807, 2.05) is 0 Å². The molecule has 0 unspecified atom stereocenters. The van der Waals surface area contributed by atoms with Gasteiger partial charge in [-0.25, -0.2) is 0 Å². The van der Waals surface area contributed by atoms with E-state index in [4.69, 9.17) is 17.3 Å². The Morgan fingerprint density at radius 1 is 0.923 bits per heavy atom. The van der Waals surface area contributed by atoms with Gasteiger partial charge in [0.2, 0.25) is 23.1 Å². The first-order valence-corrected chi connectivity index (χ1v) is 13.8. The number of halogens is 1. The first-order valence-electron chi connectivity index (χ1n) is 10.5. The van der Waals surface area contributed by atoms with Crippen molar-refractivity contribution >= 4 is 83.2 Å². The third-order valence-electron chi connectivity index (χ3n) is 4.94. The minimum absolute atomic E-state index is 0.0221. The molecule has 0 fully saturated rings. The number of nitrogens with zero attached hydrogens (tertiary/aromatic N) is 5. The molecule has 0 saturated carbocycles. The number of aromatic nitrogens is 3. The summed E-state index contributed by atoms with van der Waals surface area (Å²) in [4.78, 5) is 21.9. The number of benzene rings is 3. The predicted molar refractivity (Wildman–Crippen MR) is 141 cm³/mol. The first-order chi connectivity index (χ1) is 18.2. The first kappa shape index (κ1) is 27.7. The van der Waals surface area contributed by atoms with Gasteiger partial charge in [0.05, 0.1) is 5.69 Å². The SMILES string of the molecule is CC(=O)Nc1cc(Nc2nc(N)nc(Cl)n2)ccc1/N=N/c1ccc2c(S(=O)(=O)O)cccc2c1S(=O)(=O)O. The Kier molecular flexibility index (Phi) is 7.44. The second kappa shape index (κ2) is 10.5. The number of hydrogen-bond donors (Lipinski definition) is 5. The van der Waals surface area contributed by atoms with Crippen molar-refractivity contribution < 1.29 is 30.7 Å². The number of hydrogen-bond acceptors (Lipinski definition) is 12. The minimum Gasteiger partial charge on any atom is -0.368 e. The van der Waals surface area contributed by atoms with Crippen molar-refractivity contribution in [2.24, 2.45) is 10.2 Å². The van der Waals surface area contributed by atoms with E-state index >= 15 is 0 Å². The van der Waals surface area contributed by atoms with Crippen LogP contribution in [0.25, 0.3) is 10.8 Å². The summed E-state index contributed by atoms with van der Waals surface area (Å²) in [6, 6.07) is 10.2. The fourth-order valence-electron chi connectivity index (χ4n) is 3.51. The van der Waals surface area contributed by atoms with Crippen molar-refractivity contribution in [3.05, 3.63) is 53.8 Å². The van der Waals surface area contributed by atoms with Crippen LogP contribution >= 0.6 is 11.6 Å². The summed E-state index contributed by atoms with van der Waals surface area (Å²) in [5.74, 6) is -0.564. The number of nitrogens with one attached hydrogen (secondary N) is 2. The zero-order valence-corrected chi connectivity index (χ0v) is 22.0. The highest BCUT2D eigenvalue weighted by Crippen LogP contribution is 2.37. The van der Waals surface area contributed by atoms with Crippen molar-refractivity contribution in [1.29, 1.82) is 0 Å². The lowest BCUT2D eigenvalue weighted by Gasteiger charge is -2.11. The summed E-state index contributed by atoms with van der Waals surface area (Å²) in [5.41, 5.74) is 5.82. The highest BCUT2D eigenvalue weighted by atomic mass is 35.5. The molecule has 1 amide bonds. The molecular formula is C21H17ClN8O7S2. The molecule has 0 bridgehead atoms. The topological polar surface area (TPSA) is 239 Å². The molecule has 3 aromatic carbocycles. The van der Waals surface area contributed by atoms with Gasteiger partial charge in [-0.1, -0.05) is 18.2 Å². The van der Waals surface area contributed by atoms with E-state index in [1.54, 1.807) is 0 Å². The number of nitrogens with two attached hydrogens (primary N) is 1. The van der Waals surface area contributed by atoms with Crippen LogP contribution in [0.1, 0.15) is 6.92 Å².